The summed E-state index contributed by atoms with van der Waals surface area (Å²) >= 11 is 3.32. The second-order valence-corrected chi connectivity index (χ2v) is 4.84. The van der Waals surface area contributed by atoms with Crippen molar-refractivity contribution in [2.24, 2.45) is 0 Å². The molecule has 0 aliphatic carbocycles. The standard InChI is InChI=1S/C13H17BrN2O3.ClH/c1-15-8-7-11(17)16-12(13(18)19-2)9-3-5-10(14)6-4-9;/h3-6,12,15H,7-8H2,1-2H3,(H,16,17);1H. The first-order chi connectivity index (χ1) is 9.08. The maximum atomic E-state index is 11.7. The molecule has 0 radical (unpaired) electrons. The molecular formula is C13H18BrClN2O3. The molecule has 0 aliphatic heterocycles. The van der Waals surface area contributed by atoms with Crippen LogP contribution in [0.15, 0.2) is 28.7 Å². The summed E-state index contributed by atoms with van der Waals surface area (Å²) in [6.45, 7) is 0.556. The molecule has 1 aromatic rings. The van der Waals surface area contributed by atoms with Gasteiger partial charge in [-0.05, 0) is 24.7 Å². The van der Waals surface area contributed by atoms with Gasteiger partial charge in [0.25, 0.3) is 0 Å². The lowest BCUT2D eigenvalue weighted by molar-refractivity contribution is -0.145. The van der Waals surface area contributed by atoms with Gasteiger partial charge >= 0.3 is 5.97 Å². The molecule has 1 unspecified atom stereocenters. The van der Waals surface area contributed by atoms with Crippen LogP contribution in [-0.2, 0) is 14.3 Å². The molecule has 1 atom stereocenters. The Bertz CT molecular complexity index is 440. The highest BCUT2D eigenvalue weighted by molar-refractivity contribution is 9.10. The van der Waals surface area contributed by atoms with Crippen LogP contribution in [0.3, 0.4) is 0 Å². The third kappa shape index (κ3) is 5.90. The predicted molar refractivity (Wildman–Crippen MR) is 82.8 cm³/mol. The van der Waals surface area contributed by atoms with E-state index in [-0.39, 0.29) is 18.3 Å². The number of benzene rings is 1. The minimum atomic E-state index is -0.776. The zero-order valence-electron chi connectivity index (χ0n) is 11.3. The van der Waals surface area contributed by atoms with Crippen LogP contribution in [-0.4, -0.2) is 32.6 Å². The van der Waals surface area contributed by atoms with Crippen LogP contribution >= 0.6 is 28.3 Å². The fraction of sp³-hybridized carbons (Fsp3) is 0.385. The topological polar surface area (TPSA) is 67.4 Å². The van der Waals surface area contributed by atoms with Gasteiger partial charge in [0.15, 0.2) is 6.04 Å². The van der Waals surface area contributed by atoms with E-state index >= 15 is 0 Å². The average Bonchev–Trinajstić information content (AvgIpc) is 2.42. The number of halogens is 2. The molecular weight excluding hydrogens is 348 g/mol. The molecule has 0 heterocycles. The van der Waals surface area contributed by atoms with Crippen molar-refractivity contribution in [2.75, 3.05) is 20.7 Å². The van der Waals surface area contributed by atoms with Gasteiger partial charge in [0.05, 0.1) is 7.11 Å². The molecule has 0 spiro atoms. The van der Waals surface area contributed by atoms with Crippen LogP contribution in [0.1, 0.15) is 18.0 Å². The van der Waals surface area contributed by atoms with E-state index in [1.54, 1.807) is 19.2 Å². The fourth-order valence-electron chi connectivity index (χ4n) is 1.52. The summed E-state index contributed by atoms with van der Waals surface area (Å²) in [6.07, 6.45) is 0.306. The van der Waals surface area contributed by atoms with E-state index in [0.717, 1.165) is 4.47 Å². The Balaban J connectivity index is 0.00000361. The number of esters is 1. The first-order valence-corrected chi connectivity index (χ1v) is 6.65. The van der Waals surface area contributed by atoms with Crippen LogP contribution in [0.2, 0.25) is 0 Å². The summed E-state index contributed by atoms with van der Waals surface area (Å²) in [7, 11) is 3.06. The Labute approximate surface area is 133 Å². The van der Waals surface area contributed by atoms with E-state index in [0.29, 0.717) is 18.5 Å². The summed E-state index contributed by atoms with van der Waals surface area (Å²) in [6, 6.07) is 6.38. The predicted octanol–water partition coefficient (Wildman–Crippen LogP) is 1.81. The van der Waals surface area contributed by atoms with Gasteiger partial charge in [0.2, 0.25) is 5.91 Å². The van der Waals surface area contributed by atoms with Crippen molar-refractivity contribution in [1.29, 1.82) is 0 Å². The molecule has 112 valence electrons. The monoisotopic (exact) mass is 364 g/mol. The second-order valence-electron chi connectivity index (χ2n) is 3.93. The number of methoxy groups -OCH3 is 1. The van der Waals surface area contributed by atoms with Crippen molar-refractivity contribution in [3.05, 3.63) is 34.3 Å². The van der Waals surface area contributed by atoms with E-state index in [9.17, 15) is 9.59 Å². The van der Waals surface area contributed by atoms with Crippen molar-refractivity contribution in [3.63, 3.8) is 0 Å². The zero-order chi connectivity index (χ0) is 14.3. The van der Waals surface area contributed by atoms with E-state index in [1.165, 1.54) is 7.11 Å². The number of hydrogen-bond acceptors (Lipinski definition) is 4. The van der Waals surface area contributed by atoms with Crippen LogP contribution in [0.25, 0.3) is 0 Å². The Morgan fingerprint density at radius 2 is 1.90 bits per heavy atom. The maximum Gasteiger partial charge on any atom is 0.333 e. The lowest BCUT2D eigenvalue weighted by Gasteiger charge is -2.17. The van der Waals surface area contributed by atoms with Gasteiger partial charge in [-0.2, -0.15) is 0 Å². The highest BCUT2D eigenvalue weighted by Crippen LogP contribution is 2.18. The van der Waals surface area contributed by atoms with Gasteiger partial charge in [0, 0.05) is 17.4 Å². The SMILES string of the molecule is CNCCC(=O)NC(C(=O)OC)c1ccc(Br)cc1.Cl. The Hall–Kier alpha value is -1.11. The first-order valence-electron chi connectivity index (χ1n) is 5.85. The zero-order valence-corrected chi connectivity index (χ0v) is 13.7. The minimum Gasteiger partial charge on any atom is -0.467 e. The molecule has 0 fully saturated rings. The summed E-state index contributed by atoms with van der Waals surface area (Å²) in [5.41, 5.74) is 0.688. The molecule has 0 bridgehead atoms. The van der Waals surface area contributed by atoms with Crippen molar-refractivity contribution in [3.8, 4) is 0 Å². The molecule has 0 aromatic heterocycles. The number of carbonyl (C=O) groups is 2. The smallest absolute Gasteiger partial charge is 0.333 e. The first kappa shape index (κ1) is 18.9. The molecule has 20 heavy (non-hydrogen) atoms. The van der Waals surface area contributed by atoms with Gasteiger partial charge < -0.3 is 15.4 Å². The highest BCUT2D eigenvalue weighted by atomic mass is 79.9. The molecule has 7 heteroatoms. The molecule has 0 saturated carbocycles. The minimum absolute atomic E-state index is 0. The van der Waals surface area contributed by atoms with Gasteiger partial charge in [-0.15, -0.1) is 12.4 Å². The van der Waals surface area contributed by atoms with Gasteiger partial charge in [0.1, 0.15) is 0 Å². The number of nitrogens with one attached hydrogen (secondary N) is 2. The summed E-state index contributed by atoms with van der Waals surface area (Å²) < 4.78 is 5.63. The molecule has 0 saturated heterocycles. The maximum absolute atomic E-state index is 11.7. The van der Waals surface area contributed by atoms with Crippen LogP contribution < -0.4 is 10.6 Å². The van der Waals surface area contributed by atoms with E-state index in [2.05, 4.69) is 26.6 Å². The van der Waals surface area contributed by atoms with E-state index in [1.807, 2.05) is 12.1 Å². The Morgan fingerprint density at radius 1 is 1.30 bits per heavy atom. The lowest BCUT2D eigenvalue weighted by Crippen LogP contribution is -2.35. The molecule has 0 aliphatic rings. The third-order valence-corrected chi connectivity index (χ3v) is 3.08. The number of ether oxygens (including phenoxy) is 1. The van der Waals surface area contributed by atoms with Crippen LogP contribution in [0.5, 0.6) is 0 Å². The summed E-state index contributed by atoms with van der Waals surface area (Å²) in [5.74, 6) is -0.687. The van der Waals surface area contributed by atoms with Gasteiger partial charge in [-0.3, -0.25) is 4.79 Å². The summed E-state index contributed by atoms with van der Waals surface area (Å²) in [5, 5.41) is 5.55. The van der Waals surface area contributed by atoms with Gasteiger partial charge in [-0.25, -0.2) is 4.79 Å². The van der Waals surface area contributed by atoms with Crippen LogP contribution in [0.4, 0.5) is 0 Å². The van der Waals surface area contributed by atoms with E-state index in [4.69, 9.17) is 4.74 Å². The second kappa shape index (κ2) is 9.74. The molecule has 1 amide bonds. The van der Waals surface area contributed by atoms with Crippen molar-refractivity contribution in [2.45, 2.75) is 12.5 Å². The number of carbonyl (C=O) groups excluding carboxylic acids is 2. The van der Waals surface area contributed by atoms with Crippen LogP contribution in [0, 0.1) is 0 Å². The van der Waals surface area contributed by atoms with Crippen molar-refractivity contribution in [1.82, 2.24) is 10.6 Å². The normalized spacial score (nSPS) is 11.2. The fourth-order valence-corrected chi connectivity index (χ4v) is 1.79. The lowest BCUT2D eigenvalue weighted by atomic mass is 10.1. The highest BCUT2D eigenvalue weighted by Gasteiger charge is 2.23. The van der Waals surface area contributed by atoms with E-state index < -0.39 is 12.0 Å². The number of hydrogen-bond donors (Lipinski definition) is 2. The van der Waals surface area contributed by atoms with Crippen molar-refractivity contribution >= 4 is 40.2 Å². The Kier molecular flexibility index (Phi) is 9.20. The quantitative estimate of drug-likeness (QED) is 0.755. The number of amides is 1. The third-order valence-electron chi connectivity index (χ3n) is 2.55. The molecule has 1 rings (SSSR count). The Morgan fingerprint density at radius 3 is 2.40 bits per heavy atom. The average molecular weight is 366 g/mol. The molecule has 5 nitrogen and oxygen atoms in total. The number of rotatable bonds is 6. The van der Waals surface area contributed by atoms with Crippen molar-refractivity contribution < 1.29 is 14.3 Å². The molecule has 1 aromatic carbocycles. The van der Waals surface area contributed by atoms with Gasteiger partial charge in [-0.1, -0.05) is 28.1 Å². The largest absolute Gasteiger partial charge is 0.467 e. The molecule has 2 N–H and O–H groups in total. The summed E-state index contributed by atoms with van der Waals surface area (Å²) in [4.78, 5) is 23.4.